The highest BCUT2D eigenvalue weighted by Gasteiger charge is 2.12. The average Bonchev–Trinajstić information content (AvgIpc) is 3.12. The molecule has 2 aromatic heterocycles. The molecule has 1 aromatic carbocycles. The highest BCUT2D eigenvalue weighted by molar-refractivity contribution is 7.17. The largest absolute Gasteiger partial charge is 0.465 e. The van der Waals surface area contributed by atoms with Crippen molar-refractivity contribution < 1.29 is 9.15 Å². The van der Waals surface area contributed by atoms with E-state index < -0.39 is 0 Å². The topological polar surface area (TPSA) is 22.4 Å². The maximum atomic E-state index is 5.92. The number of thiophene rings is 1. The Morgan fingerprint density at radius 1 is 1.24 bits per heavy atom. The van der Waals surface area contributed by atoms with E-state index in [4.69, 9.17) is 9.15 Å². The fraction of sp³-hybridized carbons (Fsp3) is 0.444. The molecule has 112 valence electrons. The number of benzene rings is 1. The molecule has 0 aliphatic heterocycles. The van der Waals surface area contributed by atoms with Crippen LogP contribution in [-0.4, -0.2) is 6.61 Å². The third kappa shape index (κ3) is 3.08. The van der Waals surface area contributed by atoms with Crippen LogP contribution in [0.5, 0.6) is 5.95 Å². The van der Waals surface area contributed by atoms with Gasteiger partial charge in [-0.3, -0.25) is 0 Å². The van der Waals surface area contributed by atoms with E-state index in [1.54, 1.807) is 11.3 Å². The number of hydrogen-bond acceptors (Lipinski definition) is 3. The summed E-state index contributed by atoms with van der Waals surface area (Å²) in [6, 6.07) is 8.39. The van der Waals surface area contributed by atoms with Crippen molar-refractivity contribution in [2.45, 2.75) is 39.5 Å². The SMILES string of the molecule is CCCCC(CC)COc1cc2ccc3sccc3c2o1. The van der Waals surface area contributed by atoms with Gasteiger partial charge in [0.1, 0.15) is 5.58 Å². The number of ether oxygens (including phenoxy) is 1. The van der Waals surface area contributed by atoms with Crippen molar-refractivity contribution in [3.05, 3.63) is 29.6 Å². The van der Waals surface area contributed by atoms with E-state index in [2.05, 4.69) is 37.4 Å². The van der Waals surface area contributed by atoms with Crippen LogP contribution in [0.15, 0.2) is 34.1 Å². The molecule has 21 heavy (non-hydrogen) atoms. The Hall–Kier alpha value is -1.48. The van der Waals surface area contributed by atoms with Crippen LogP contribution in [0.4, 0.5) is 0 Å². The Kier molecular flexibility index (Phi) is 4.49. The molecule has 0 saturated carbocycles. The lowest BCUT2D eigenvalue weighted by Gasteiger charge is -2.13. The fourth-order valence-electron chi connectivity index (χ4n) is 2.69. The van der Waals surface area contributed by atoms with E-state index in [-0.39, 0.29) is 0 Å². The maximum Gasteiger partial charge on any atom is 0.285 e. The standard InChI is InChI=1S/C18H22O2S/c1-3-5-6-13(4-2)12-19-17-11-14-7-8-16-15(9-10-21-16)18(14)20-17/h7-11,13H,3-6,12H2,1-2H3. The summed E-state index contributed by atoms with van der Waals surface area (Å²) in [7, 11) is 0. The minimum Gasteiger partial charge on any atom is -0.465 e. The molecule has 1 atom stereocenters. The van der Waals surface area contributed by atoms with E-state index in [1.165, 1.54) is 29.3 Å². The zero-order valence-corrected chi connectivity index (χ0v) is 13.5. The van der Waals surface area contributed by atoms with Crippen LogP contribution in [-0.2, 0) is 0 Å². The highest BCUT2D eigenvalue weighted by Crippen LogP contribution is 2.34. The van der Waals surface area contributed by atoms with Gasteiger partial charge in [-0.15, -0.1) is 11.3 Å². The van der Waals surface area contributed by atoms with Crippen molar-refractivity contribution in [3.8, 4) is 5.95 Å². The molecule has 1 unspecified atom stereocenters. The first-order valence-corrected chi connectivity index (χ1v) is 8.72. The molecule has 0 spiro atoms. The molecule has 3 aromatic rings. The monoisotopic (exact) mass is 302 g/mol. The first-order chi connectivity index (χ1) is 10.3. The third-order valence-corrected chi connectivity index (χ3v) is 4.98. The molecular weight excluding hydrogens is 280 g/mol. The lowest BCUT2D eigenvalue weighted by Crippen LogP contribution is -2.10. The molecule has 2 nitrogen and oxygen atoms in total. The summed E-state index contributed by atoms with van der Waals surface area (Å²) >= 11 is 1.74. The van der Waals surface area contributed by atoms with Gasteiger partial charge in [0.2, 0.25) is 0 Å². The molecule has 0 radical (unpaired) electrons. The number of furan rings is 1. The predicted octanol–water partition coefficient (Wildman–Crippen LogP) is 6.24. The van der Waals surface area contributed by atoms with Crippen LogP contribution >= 0.6 is 11.3 Å². The summed E-state index contributed by atoms with van der Waals surface area (Å²) in [5, 5.41) is 4.41. The van der Waals surface area contributed by atoms with Gasteiger partial charge >= 0.3 is 0 Å². The van der Waals surface area contributed by atoms with Crippen LogP contribution in [0.3, 0.4) is 0 Å². The van der Waals surface area contributed by atoms with Gasteiger partial charge in [0.15, 0.2) is 0 Å². The van der Waals surface area contributed by atoms with Gasteiger partial charge in [-0.05, 0) is 35.9 Å². The minimum atomic E-state index is 0.624. The molecule has 0 amide bonds. The van der Waals surface area contributed by atoms with Crippen molar-refractivity contribution >= 4 is 32.4 Å². The molecule has 0 N–H and O–H groups in total. The molecule has 0 aliphatic carbocycles. The second kappa shape index (κ2) is 6.52. The van der Waals surface area contributed by atoms with Gasteiger partial charge in [-0.2, -0.15) is 0 Å². The van der Waals surface area contributed by atoms with Crippen molar-refractivity contribution in [3.63, 3.8) is 0 Å². The number of rotatable bonds is 7. The molecule has 3 heteroatoms. The molecular formula is C18H22O2S. The Bertz CT molecular complexity index is 710. The van der Waals surface area contributed by atoms with Gasteiger partial charge in [0, 0.05) is 21.5 Å². The Balaban J connectivity index is 1.75. The van der Waals surface area contributed by atoms with E-state index in [1.807, 2.05) is 6.07 Å². The molecule has 2 heterocycles. The van der Waals surface area contributed by atoms with E-state index in [0.717, 1.165) is 24.0 Å². The number of unbranched alkanes of at least 4 members (excludes halogenated alkanes) is 1. The van der Waals surface area contributed by atoms with E-state index in [0.29, 0.717) is 11.9 Å². The second-order valence-electron chi connectivity index (χ2n) is 5.61. The fourth-order valence-corrected chi connectivity index (χ4v) is 3.47. The Morgan fingerprint density at radius 2 is 2.14 bits per heavy atom. The smallest absolute Gasteiger partial charge is 0.285 e. The van der Waals surface area contributed by atoms with Gasteiger partial charge in [0.05, 0.1) is 6.61 Å². The first-order valence-electron chi connectivity index (χ1n) is 7.84. The van der Waals surface area contributed by atoms with Crippen molar-refractivity contribution in [1.29, 1.82) is 0 Å². The summed E-state index contributed by atoms with van der Waals surface area (Å²) in [4.78, 5) is 0. The van der Waals surface area contributed by atoms with Crippen molar-refractivity contribution in [1.82, 2.24) is 0 Å². The van der Waals surface area contributed by atoms with E-state index in [9.17, 15) is 0 Å². The summed E-state index contributed by atoms with van der Waals surface area (Å²) in [5.41, 5.74) is 0.949. The summed E-state index contributed by atoms with van der Waals surface area (Å²) in [5.74, 6) is 1.28. The number of hydrogen-bond donors (Lipinski definition) is 0. The Morgan fingerprint density at radius 3 is 2.95 bits per heavy atom. The van der Waals surface area contributed by atoms with Gasteiger partial charge < -0.3 is 9.15 Å². The zero-order chi connectivity index (χ0) is 14.7. The van der Waals surface area contributed by atoms with Crippen LogP contribution < -0.4 is 4.74 Å². The van der Waals surface area contributed by atoms with Crippen LogP contribution in [0, 0.1) is 5.92 Å². The van der Waals surface area contributed by atoms with Crippen molar-refractivity contribution in [2.75, 3.05) is 6.61 Å². The highest BCUT2D eigenvalue weighted by atomic mass is 32.1. The zero-order valence-electron chi connectivity index (χ0n) is 12.7. The van der Waals surface area contributed by atoms with Crippen LogP contribution in [0.2, 0.25) is 0 Å². The van der Waals surface area contributed by atoms with Crippen LogP contribution in [0.1, 0.15) is 39.5 Å². The lowest BCUT2D eigenvalue weighted by atomic mass is 10.0. The molecule has 0 bridgehead atoms. The maximum absolute atomic E-state index is 5.92. The Labute approximate surface area is 129 Å². The van der Waals surface area contributed by atoms with Gasteiger partial charge in [0.25, 0.3) is 5.95 Å². The summed E-state index contributed by atoms with van der Waals surface area (Å²) < 4.78 is 13.1. The normalized spacial score (nSPS) is 13.0. The number of fused-ring (bicyclic) bond motifs is 3. The summed E-state index contributed by atoms with van der Waals surface area (Å²) in [6.07, 6.45) is 4.92. The average molecular weight is 302 g/mol. The van der Waals surface area contributed by atoms with E-state index >= 15 is 0 Å². The predicted molar refractivity (Wildman–Crippen MR) is 90.4 cm³/mol. The minimum absolute atomic E-state index is 0.624. The third-order valence-electron chi connectivity index (χ3n) is 4.10. The van der Waals surface area contributed by atoms with Gasteiger partial charge in [-0.25, -0.2) is 0 Å². The molecule has 0 fully saturated rings. The lowest BCUT2D eigenvalue weighted by molar-refractivity contribution is 0.193. The summed E-state index contributed by atoms with van der Waals surface area (Å²) in [6.45, 7) is 5.22. The molecule has 0 aliphatic rings. The van der Waals surface area contributed by atoms with Crippen LogP contribution in [0.25, 0.3) is 21.1 Å². The second-order valence-corrected chi connectivity index (χ2v) is 6.56. The molecule has 0 saturated heterocycles. The molecule has 3 rings (SSSR count). The quantitative estimate of drug-likeness (QED) is 0.515. The van der Waals surface area contributed by atoms with Gasteiger partial charge in [-0.1, -0.05) is 33.1 Å². The van der Waals surface area contributed by atoms with Crippen molar-refractivity contribution in [2.24, 2.45) is 5.92 Å². The first kappa shape index (κ1) is 14.5.